The summed E-state index contributed by atoms with van der Waals surface area (Å²) >= 11 is 0. The van der Waals surface area contributed by atoms with E-state index in [1.165, 1.54) is 43.4 Å². The summed E-state index contributed by atoms with van der Waals surface area (Å²) in [6, 6.07) is 0. The summed E-state index contributed by atoms with van der Waals surface area (Å²) in [5.41, 5.74) is 0. The van der Waals surface area contributed by atoms with Crippen LogP contribution in [0.5, 0.6) is 0 Å². The van der Waals surface area contributed by atoms with Crippen molar-refractivity contribution in [1.82, 2.24) is 4.90 Å². The molecule has 0 saturated carbocycles. The van der Waals surface area contributed by atoms with E-state index in [0.717, 1.165) is 12.8 Å². The molecule has 1 N–H and O–H groups in total. The van der Waals surface area contributed by atoms with E-state index < -0.39 is 5.97 Å². The number of rotatable bonds is 11. The molecule has 1 amide bonds. The van der Waals surface area contributed by atoms with Gasteiger partial charge in [0.1, 0.15) is 6.54 Å². The number of carbonyl (C=O) groups is 2. The number of carboxylic acids is 1. The van der Waals surface area contributed by atoms with Crippen molar-refractivity contribution in [2.24, 2.45) is 0 Å². The number of likely N-dealkylation sites (N-methyl/N-ethyl adjacent to an activating group) is 1. The molecular formula is C14H27NO3. The first-order valence-corrected chi connectivity index (χ1v) is 7.03. The molecule has 0 rings (SSSR count). The molecule has 4 heteroatoms. The van der Waals surface area contributed by atoms with Crippen molar-refractivity contribution < 1.29 is 14.7 Å². The first-order chi connectivity index (χ1) is 8.57. The quantitative estimate of drug-likeness (QED) is 0.579. The van der Waals surface area contributed by atoms with Gasteiger partial charge in [-0.15, -0.1) is 0 Å². The first-order valence-electron chi connectivity index (χ1n) is 7.03. The molecule has 0 aromatic heterocycles. The number of hydrogen-bond donors (Lipinski definition) is 1. The predicted octanol–water partition coefficient (Wildman–Crippen LogP) is 3.06. The lowest BCUT2D eigenvalue weighted by Gasteiger charge is -2.14. The second-order valence-corrected chi connectivity index (χ2v) is 4.87. The van der Waals surface area contributed by atoms with Gasteiger partial charge in [-0.25, -0.2) is 0 Å². The Morgan fingerprint density at radius 2 is 1.44 bits per heavy atom. The van der Waals surface area contributed by atoms with Crippen LogP contribution in [0.15, 0.2) is 0 Å². The topological polar surface area (TPSA) is 57.6 Å². The van der Waals surface area contributed by atoms with Crippen LogP contribution in [-0.4, -0.2) is 35.5 Å². The average molecular weight is 257 g/mol. The Labute approximate surface area is 110 Å². The standard InChI is InChI=1S/C14H27NO3/c1-3-4-5-6-7-8-9-10-11-13(16)15(2)12-14(17)18/h3-12H2,1-2H3,(H,17,18). The minimum Gasteiger partial charge on any atom is -0.480 e. The molecule has 0 unspecified atom stereocenters. The van der Waals surface area contributed by atoms with E-state index in [1.807, 2.05) is 0 Å². The number of unbranched alkanes of at least 4 members (excludes halogenated alkanes) is 7. The summed E-state index contributed by atoms with van der Waals surface area (Å²) in [4.78, 5) is 23.2. The van der Waals surface area contributed by atoms with Gasteiger partial charge in [0.15, 0.2) is 0 Å². The summed E-state index contributed by atoms with van der Waals surface area (Å²) in [5, 5.41) is 8.55. The zero-order valence-electron chi connectivity index (χ0n) is 11.8. The molecule has 4 nitrogen and oxygen atoms in total. The fourth-order valence-corrected chi connectivity index (χ4v) is 1.89. The Bertz CT molecular complexity index is 241. The highest BCUT2D eigenvalue weighted by Crippen LogP contribution is 2.10. The van der Waals surface area contributed by atoms with Gasteiger partial charge in [0.2, 0.25) is 5.91 Å². The second-order valence-electron chi connectivity index (χ2n) is 4.87. The molecule has 106 valence electrons. The minimum atomic E-state index is -0.957. The third kappa shape index (κ3) is 10.1. The van der Waals surface area contributed by atoms with Crippen LogP contribution in [0.4, 0.5) is 0 Å². The Morgan fingerprint density at radius 1 is 0.944 bits per heavy atom. The summed E-state index contributed by atoms with van der Waals surface area (Å²) in [6.45, 7) is 2.01. The van der Waals surface area contributed by atoms with Gasteiger partial charge in [-0.2, -0.15) is 0 Å². The molecule has 0 aliphatic heterocycles. The highest BCUT2D eigenvalue weighted by molar-refractivity contribution is 5.80. The van der Waals surface area contributed by atoms with Crippen molar-refractivity contribution in [2.45, 2.75) is 64.7 Å². The second kappa shape index (κ2) is 11.1. The van der Waals surface area contributed by atoms with E-state index in [0.29, 0.717) is 6.42 Å². The number of carbonyl (C=O) groups excluding carboxylic acids is 1. The van der Waals surface area contributed by atoms with Crippen molar-refractivity contribution >= 4 is 11.9 Å². The summed E-state index contributed by atoms with van der Waals surface area (Å²) in [7, 11) is 1.54. The van der Waals surface area contributed by atoms with Crippen LogP contribution >= 0.6 is 0 Å². The van der Waals surface area contributed by atoms with Crippen molar-refractivity contribution in [3.8, 4) is 0 Å². The fraction of sp³-hybridized carbons (Fsp3) is 0.857. The van der Waals surface area contributed by atoms with Crippen LogP contribution in [0.1, 0.15) is 64.7 Å². The Morgan fingerprint density at radius 3 is 1.94 bits per heavy atom. The molecule has 0 atom stereocenters. The predicted molar refractivity (Wildman–Crippen MR) is 72.5 cm³/mol. The maximum Gasteiger partial charge on any atom is 0.323 e. The first kappa shape index (κ1) is 16.9. The fourth-order valence-electron chi connectivity index (χ4n) is 1.89. The normalized spacial score (nSPS) is 10.3. The van der Waals surface area contributed by atoms with E-state index >= 15 is 0 Å². The molecule has 18 heavy (non-hydrogen) atoms. The largest absolute Gasteiger partial charge is 0.480 e. The third-order valence-electron chi connectivity index (χ3n) is 3.04. The van der Waals surface area contributed by atoms with Gasteiger partial charge in [0.25, 0.3) is 0 Å². The Balaban J connectivity index is 3.37. The minimum absolute atomic E-state index is 0.0663. The average Bonchev–Trinajstić information content (AvgIpc) is 2.31. The number of hydrogen-bond acceptors (Lipinski definition) is 2. The molecule has 0 aromatic carbocycles. The van der Waals surface area contributed by atoms with Gasteiger partial charge in [-0.3, -0.25) is 9.59 Å². The molecular weight excluding hydrogens is 230 g/mol. The lowest BCUT2D eigenvalue weighted by atomic mass is 10.1. The van der Waals surface area contributed by atoms with E-state index in [1.54, 1.807) is 7.05 Å². The molecule has 0 aromatic rings. The highest BCUT2D eigenvalue weighted by atomic mass is 16.4. The lowest BCUT2D eigenvalue weighted by Crippen LogP contribution is -2.31. The van der Waals surface area contributed by atoms with Gasteiger partial charge in [0.05, 0.1) is 0 Å². The molecule has 0 spiro atoms. The summed E-state index contributed by atoms with van der Waals surface area (Å²) in [6.07, 6.45) is 10.0. The molecule has 0 bridgehead atoms. The highest BCUT2D eigenvalue weighted by Gasteiger charge is 2.10. The van der Waals surface area contributed by atoms with Crippen molar-refractivity contribution in [3.63, 3.8) is 0 Å². The molecule has 0 aliphatic rings. The van der Waals surface area contributed by atoms with E-state index in [2.05, 4.69) is 6.92 Å². The van der Waals surface area contributed by atoms with Crippen molar-refractivity contribution in [3.05, 3.63) is 0 Å². The van der Waals surface area contributed by atoms with Gasteiger partial charge in [-0.1, -0.05) is 51.9 Å². The summed E-state index contributed by atoms with van der Waals surface area (Å²) in [5.74, 6) is -1.02. The van der Waals surface area contributed by atoms with E-state index in [4.69, 9.17) is 5.11 Å². The SMILES string of the molecule is CCCCCCCCCCC(=O)N(C)CC(=O)O. The van der Waals surface area contributed by atoms with Crippen LogP contribution in [-0.2, 0) is 9.59 Å². The van der Waals surface area contributed by atoms with Crippen LogP contribution < -0.4 is 0 Å². The van der Waals surface area contributed by atoms with E-state index in [-0.39, 0.29) is 12.5 Å². The third-order valence-corrected chi connectivity index (χ3v) is 3.04. The zero-order chi connectivity index (χ0) is 13.8. The Kier molecular flexibility index (Phi) is 10.4. The number of amides is 1. The van der Waals surface area contributed by atoms with Crippen LogP contribution in [0, 0.1) is 0 Å². The van der Waals surface area contributed by atoms with Crippen LogP contribution in [0.25, 0.3) is 0 Å². The van der Waals surface area contributed by atoms with Gasteiger partial charge in [-0.05, 0) is 6.42 Å². The van der Waals surface area contributed by atoms with Crippen molar-refractivity contribution in [1.29, 1.82) is 0 Å². The smallest absolute Gasteiger partial charge is 0.323 e. The maximum atomic E-state index is 11.5. The van der Waals surface area contributed by atoms with Crippen LogP contribution in [0.2, 0.25) is 0 Å². The molecule has 0 aliphatic carbocycles. The van der Waals surface area contributed by atoms with Crippen molar-refractivity contribution in [2.75, 3.05) is 13.6 Å². The maximum absolute atomic E-state index is 11.5. The zero-order valence-corrected chi connectivity index (χ0v) is 11.8. The molecule has 0 radical (unpaired) electrons. The number of nitrogens with zero attached hydrogens (tertiary/aromatic N) is 1. The molecule has 0 heterocycles. The van der Waals surface area contributed by atoms with Gasteiger partial charge < -0.3 is 10.0 Å². The lowest BCUT2D eigenvalue weighted by molar-refractivity contribution is -0.143. The monoisotopic (exact) mass is 257 g/mol. The van der Waals surface area contributed by atoms with Crippen LogP contribution in [0.3, 0.4) is 0 Å². The Hall–Kier alpha value is -1.06. The van der Waals surface area contributed by atoms with Gasteiger partial charge >= 0.3 is 5.97 Å². The van der Waals surface area contributed by atoms with E-state index in [9.17, 15) is 9.59 Å². The number of aliphatic carboxylic acids is 1. The summed E-state index contributed by atoms with van der Waals surface area (Å²) < 4.78 is 0. The number of carboxylic acid groups (broad SMARTS) is 1. The molecule has 0 saturated heterocycles. The molecule has 0 fully saturated rings. The van der Waals surface area contributed by atoms with Gasteiger partial charge in [0, 0.05) is 13.5 Å².